The van der Waals surface area contributed by atoms with Crippen LogP contribution in [-0.2, 0) is 14.4 Å². The molecule has 146 valence electrons. The molecule has 0 aromatic heterocycles. The molecule has 9 heteroatoms. The monoisotopic (exact) mass is 465 g/mol. The first-order chi connectivity index (χ1) is 13.3. The second-order valence-corrected chi connectivity index (χ2v) is 7.59. The van der Waals surface area contributed by atoms with Crippen molar-refractivity contribution in [1.29, 1.82) is 0 Å². The van der Waals surface area contributed by atoms with Crippen molar-refractivity contribution in [2.24, 2.45) is 11.7 Å². The zero-order valence-corrected chi connectivity index (χ0v) is 17.0. The Labute approximate surface area is 174 Å². The lowest BCUT2D eigenvalue weighted by atomic mass is 10.1. The van der Waals surface area contributed by atoms with Crippen molar-refractivity contribution in [3.05, 3.63) is 52.0 Å². The number of benzene rings is 2. The number of halogens is 2. The van der Waals surface area contributed by atoms with E-state index in [2.05, 4.69) is 21.2 Å². The zero-order chi connectivity index (χ0) is 20.3. The van der Waals surface area contributed by atoms with Crippen LogP contribution in [0.25, 0.3) is 0 Å². The smallest absolute Gasteiger partial charge is 0.262 e. The summed E-state index contributed by atoms with van der Waals surface area (Å²) in [6.45, 7) is 0.0723. The van der Waals surface area contributed by atoms with Gasteiger partial charge in [-0.2, -0.15) is 0 Å². The van der Waals surface area contributed by atoms with Crippen LogP contribution in [0.1, 0.15) is 6.42 Å². The minimum atomic E-state index is -0.479. The van der Waals surface area contributed by atoms with Crippen LogP contribution >= 0.6 is 27.5 Å². The first-order valence-electron chi connectivity index (χ1n) is 8.41. The van der Waals surface area contributed by atoms with E-state index in [1.807, 2.05) is 0 Å². The van der Waals surface area contributed by atoms with Gasteiger partial charge < -0.3 is 20.7 Å². The van der Waals surface area contributed by atoms with Crippen LogP contribution in [0.2, 0.25) is 5.02 Å². The van der Waals surface area contributed by atoms with Crippen molar-refractivity contribution >= 4 is 56.6 Å². The highest BCUT2D eigenvalue weighted by molar-refractivity contribution is 9.10. The van der Waals surface area contributed by atoms with Crippen molar-refractivity contribution in [3.8, 4) is 5.75 Å². The molecule has 1 atom stereocenters. The van der Waals surface area contributed by atoms with Gasteiger partial charge in [0.1, 0.15) is 5.75 Å². The Morgan fingerprint density at radius 1 is 1.25 bits per heavy atom. The molecule has 1 fully saturated rings. The number of primary amides is 1. The predicted octanol–water partition coefficient (Wildman–Crippen LogP) is 2.96. The lowest BCUT2D eigenvalue weighted by Crippen LogP contribution is -2.28. The van der Waals surface area contributed by atoms with E-state index in [-0.39, 0.29) is 31.4 Å². The summed E-state index contributed by atoms with van der Waals surface area (Å²) < 4.78 is 6.28. The standard InChI is InChI=1S/C19H17BrClN3O4/c20-12-1-6-16(15(21)8-12)23-17(25)10-28-14-4-2-13(3-5-14)24-9-11(19(22)27)7-18(24)26/h1-6,8,11H,7,9-10H2,(H2,22,27)(H,23,25)/t11-/m0/s1. The highest BCUT2D eigenvalue weighted by atomic mass is 79.9. The van der Waals surface area contributed by atoms with Gasteiger partial charge in [0.15, 0.2) is 6.61 Å². The van der Waals surface area contributed by atoms with E-state index in [4.69, 9.17) is 22.1 Å². The number of nitrogens with zero attached hydrogens (tertiary/aromatic N) is 1. The minimum Gasteiger partial charge on any atom is -0.484 e. The summed E-state index contributed by atoms with van der Waals surface area (Å²) in [5.74, 6) is -0.986. The quantitative estimate of drug-likeness (QED) is 0.683. The highest BCUT2D eigenvalue weighted by Gasteiger charge is 2.33. The van der Waals surface area contributed by atoms with Gasteiger partial charge in [-0.25, -0.2) is 0 Å². The van der Waals surface area contributed by atoms with E-state index in [1.165, 1.54) is 4.90 Å². The molecule has 3 N–H and O–H groups in total. The Balaban J connectivity index is 1.55. The van der Waals surface area contributed by atoms with Gasteiger partial charge in [-0.05, 0) is 42.5 Å². The number of anilines is 2. The van der Waals surface area contributed by atoms with E-state index in [9.17, 15) is 14.4 Å². The molecular formula is C19H17BrClN3O4. The molecule has 2 aromatic carbocycles. The van der Waals surface area contributed by atoms with Crippen LogP contribution in [-0.4, -0.2) is 30.9 Å². The summed E-state index contributed by atoms with van der Waals surface area (Å²) in [5.41, 5.74) is 6.41. The lowest BCUT2D eigenvalue weighted by molar-refractivity contribution is -0.123. The maximum Gasteiger partial charge on any atom is 0.262 e. The van der Waals surface area contributed by atoms with Crippen LogP contribution in [0.5, 0.6) is 5.75 Å². The SMILES string of the molecule is NC(=O)[C@H]1CC(=O)N(c2ccc(OCC(=O)Nc3ccc(Br)cc3Cl)cc2)C1. The van der Waals surface area contributed by atoms with E-state index in [1.54, 1.807) is 42.5 Å². The molecule has 0 radical (unpaired) electrons. The van der Waals surface area contributed by atoms with Gasteiger partial charge >= 0.3 is 0 Å². The summed E-state index contributed by atoms with van der Waals surface area (Å²) in [6, 6.07) is 11.8. The van der Waals surface area contributed by atoms with Crippen LogP contribution in [0.4, 0.5) is 11.4 Å². The van der Waals surface area contributed by atoms with Gasteiger partial charge in [-0.1, -0.05) is 27.5 Å². The summed E-state index contributed by atoms with van der Waals surface area (Å²) in [4.78, 5) is 36.9. The summed E-state index contributed by atoms with van der Waals surface area (Å²) in [5, 5.41) is 3.09. The van der Waals surface area contributed by atoms with Crippen molar-refractivity contribution in [2.45, 2.75) is 6.42 Å². The number of hydrogen-bond donors (Lipinski definition) is 2. The molecule has 1 heterocycles. The normalized spacial score (nSPS) is 16.1. The topological polar surface area (TPSA) is 102 Å². The Morgan fingerprint density at radius 3 is 2.57 bits per heavy atom. The van der Waals surface area contributed by atoms with E-state index in [0.717, 1.165) is 4.47 Å². The summed E-state index contributed by atoms with van der Waals surface area (Å²) >= 11 is 9.36. The maximum atomic E-state index is 12.0. The summed E-state index contributed by atoms with van der Waals surface area (Å²) in [6.07, 6.45) is 0.117. The van der Waals surface area contributed by atoms with Crippen LogP contribution in [0.15, 0.2) is 46.9 Å². The fraction of sp³-hybridized carbons (Fsp3) is 0.211. The molecule has 0 bridgehead atoms. The minimum absolute atomic E-state index is 0.117. The van der Waals surface area contributed by atoms with Crippen molar-refractivity contribution in [1.82, 2.24) is 0 Å². The van der Waals surface area contributed by atoms with Gasteiger partial charge in [-0.3, -0.25) is 14.4 Å². The number of amides is 3. The van der Waals surface area contributed by atoms with E-state index in [0.29, 0.717) is 22.1 Å². The lowest BCUT2D eigenvalue weighted by Gasteiger charge is -2.16. The Bertz CT molecular complexity index is 920. The summed E-state index contributed by atoms with van der Waals surface area (Å²) in [7, 11) is 0. The fourth-order valence-corrected chi connectivity index (χ4v) is 3.52. The van der Waals surface area contributed by atoms with Crippen molar-refractivity contribution in [2.75, 3.05) is 23.4 Å². The van der Waals surface area contributed by atoms with Gasteiger partial charge in [0.2, 0.25) is 11.8 Å². The van der Waals surface area contributed by atoms with Crippen molar-refractivity contribution in [3.63, 3.8) is 0 Å². The maximum absolute atomic E-state index is 12.0. The molecule has 7 nitrogen and oxygen atoms in total. The number of carbonyl (C=O) groups is 3. The molecule has 28 heavy (non-hydrogen) atoms. The Hall–Kier alpha value is -2.58. The number of carbonyl (C=O) groups excluding carboxylic acids is 3. The van der Waals surface area contributed by atoms with Crippen LogP contribution in [0.3, 0.4) is 0 Å². The second-order valence-electron chi connectivity index (χ2n) is 6.26. The molecule has 1 saturated heterocycles. The third-order valence-electron chi connectivity index (χ3n) is 4.25. The van der Waals surface area contributed by atoms with Gasteiger partial charge in [0, 0.05) is 23.1 Å². The number of nitrogens with two attached hydrogens (primary N) is 1. The number of ether oxygens (including phenoxy) is 1. The Kier molecular flexibility index (Phi) is 6.21. The number of rotatable bonds is 6. The van der Waals surface area contributed by atoms with E-state index >= 15 is 0 Å². The first kappa shape index (κ1) is 20.2. The van der Waals surface area contributed by atoms with Crippen LogP contribution in [0, 0.1) is 5.92 Å². The second kappa shape index (κ2) is 8.62. The van der Waals surface area contributed by atoms with Gasteiger partial charge in [0.05, 0.1) is 16.6 Å². The van der Waals surface area contributed by atoms with E-state index < -0.39 is 11.8 Å². The molecule has 3 amide bonds. The number of nitrogens with one attached hydrogen (secondary N) is 1. The average Bonchev–Trinajstić information content (AvgIpc) is 3.05. The molecule has 0 spiro atoms. The third-order valence-corrected chi connectivity index (χ3v) is 5.06. The largest absolute Gasteiger partial charge is 0.484 e. The molecule has 2 aromatic rings. The molecule has 0 aliphatic carbocycles. The zero-order valence-electron chi connectivity index (χ0n) is 14.7. The van der Waals surface area contributed by atoms with Gasteiger partial charge in [0.25, 0.3) is 5.91 Å². The molecular weight excluding hydrogens is 450 g/mol. The fourth-order valence-electron chi connectivity index (χ4n) is 2.80. The molecule has 0 saturated carbocycles. The number of hydrogen-bond acceptors (Lipinski definition) is 4. The predicted molar refractivity (Wildman–Crippen MR) is 109 cm³/mol. The third kappa shape index (κ3) is 4.82. The van der Waals surface area contributed by atoms with Crippen LogP contribution < -0.4 is 20.7 Å². The molecule has 1 aliphatic rings. The van der Waals surface area contributed by atoms with Crippen molar-refractivity contribution < 1.29 is 19.1 Å². The molecule has 3 rings (SSSR count). The van der Waals surface area contributed by atoms with Gasteiger partial charge in [-0.15, -0.1) is 0 Å². The highest BCUT2D eigenvalue weighted by Crippen LogP contribution is 2.27. The first-order valence-corrected chi connectivity index (χ1v) is 9.58. The molecule has 0 unspecified atom stereocenters. The Morgan fingerprint density at radius 2 is 1.96 bits per heavy atom. The molecule has 1 aliphatic heterocycles. The average molecular weight is 467 g/mol.